The Morgan fingerprint density at radius 3 is 2.72 bits per heavy atom. The third-order valence-electron chi connectivity index (χ3n) is 2.97. The number of nitrogens with zero attached hydrogens (tertiary/aromatic N) is 1. The maximum atomic E-state index is 11.0. The molecule has 1 aromatic carbocycles. The lowest BCUT2D eigenvalue weighted by Gasteiger charge is -2.31. The summed E-state index contributed by atoms with van der Waals surface area (Å²) in [5, 5.41) is 9.68. The van der Waals surface area contributed by atoms with Crippen molar-refractivity contribution in [2.45, 2.75) is 19.4 Å². The van der Waals surface area contributed by atoms with E-state index in [1.54, 1.807) is 37.9 Å². The van der Waals surface area contributed by atoms with Gasteiger partial charge in [-0.15, -0.1) is 0 Å². The number of carboxylic acids is 1. The lowest BCUT2D eigenvalue weighted by Crippen LogP contribution is -2.49. The van der Waals surface area contributed by atoms with E-state index in [4.69, 9.17) is 21.4 Å². The molecule has 1 N–H and O–H groups in total. The maximum absolute atomic E-state index is 11.0. The SMILES string of the molecule is CN(CCOc1cccc(Cl)c1)C(C)(C)C(=O)O. The first kappa shape index (κ1) is 14.8. The summed E-state index contributed by atoms with van der Waals surface area (Å²) < 4.78 is 5.51. The minimum atomic E-state index is -0.905. The zero-order chi connectivity index (χ0) is 13.8. The second kappa shape index (κ2) is 6.07. The van der Waals surface area contributed by atoms with Crippen molar-refractivity contribution in [3.05, 3.63) is 29.3 Å². The molecule has 0 aliphatic heterocycles. The number of carboxylic acid groups (broad SMARTS) is 1. The van der Waals surface area contributed by atoms with E-state index in [1.165, 1.54) is 0 Å². The molecular formula is C13H18ClNO3. The van der Waals surface area contributed by atoms with Crippen LogP contribution in [0.25, 0.3) is 0 Å². The highest BCUT2D eigenvalue weighted by Crippen LogP contribution is 2.17. The van der Waals surface area contributed by atoms with Gasteiger partial charge in [-0.3, -0.25) is 9.69 Å². The van der Waals surface area contributed by atoms with Crippen LogP contribution in [0.3, 0.4) is 0 Å². The van der Waals surface area contributed by atoms with Crippen LogP contribution in [0, 0.1) is 0 Å². The quantitative estimate of drug-likeness (QED) is 0.864. The molecule has 0 aliphatic carbocycles. The maximum Gasteiger partial charge on any atom is 0.323 e. The Balaban J connectivity index is 2.45. The summed E-state index contributed by atoms with van der Waals surface area (Å²) in [5.74, 6) is -0.170. The van der Waals surface area contributed by atoms with Gasteiger partial charge in [0.2, 0.25) is 0 Å². The van der Waals surface area contributed by atoms with Crippen LogP contribution in [0.5, 0.6) is 5.75 Å². The number of halogens is 1. The van der Waals surface area contributed by atoms with E-state index >= 15 is 0 Å². The van der Waals surface area contributed by atoms with Crippen molar-refractivity contribution < 1.29 is 14.6 Å². The molecule has 4 nitrogen and oxygen atoms in total. The highest BCUT2D eigenvalue weighted by atomic mass is 35.5. The lowest BCUT2D eigenvalue weighted by atomic mass is 10.0. The van der Waals surface area contributed by atoms with E-state index < -0.39 is 11.5 Å². The van der Waals surface area contributed by atoms with Crippen molar-refractivity contribution in [2.24, 2.45) is 0 Å². The highest BCUT2D eigenvalue weighted by molar-refractivity contribution is 6.30. The molecule has 1 rings (SSSR count). The number of aliphatic carboxylic acids is 1. The first-order chi connectivity index (χ1) is 8.34. The van der Waals surface area contributed by atoms with Crippen molar-refractivity contribution in [3.63, 3.8) is 0 Å². The van der Waals surface area contributed by atoms with Crippen LogP contribution in [-0.4, -0.2) is 41.7 Å². The Hall–Kier alpha value is -1.26. The largest absolute Gasteiger partial charge is 0.492 e. The molecule has 0 heterocycles. The zero-order valence-electron chi connectivity index (χ0n) is 10.8. The molecule has 0 amide bonds. The summed E-state index contributed by atoms with van der Waals surface area (Å²) in [6.45, 7) is 4.25. The highest BCUT2D eigenvalue weighted by Gasteiger charge is 2.31. The number of ether oxygens (including phenoxy) is 1. The summed E-state index contributed by atoms with van der Waals surface area (Å²) in [7, 11) is 1.76. The minimum absolute atomic E-state index is 0.410. The molecule has 5 heteroatoms. The van der Waals surface area contributed by atoms with Gasteiger partial charge in [-0.2, -0.15) is 0 Å². The molecule has 0 atom stereocenters. The predicted octanol–water partition coefficient (Wildman–Crippen LogP) is 2.51. The van der Waals surface area contributed by atoms with Gasteiger partial charge < -0.3 is 9.84 Å². The van der Waals surface area contributed by atoms with Crippen LogP contribution < -0.4 is 4.74 Å². The van der Waals surface area contributed by atoms with Crippen LogP contribution in [-0.2, 0) is 4.79 Å². The second-order valence-electron chi connectivity index (χ2n) is 4.59. The molecule has 0 aromatic heterocycles. The van der Waals surface area contributed by atoms with Gasteiger partial charge in [0.15, 0.2) is 0 Å². The van der Waals surface area contributed by atoms with Gasteiger partial charge in [0.05, 0.1) is 0 Å². The molecule has 0 aliphatic rings. The van der Waals surface area contributed by atoms with Gasteiger partial charge in [0.1, 0.15) is 17.9 Å². The smallest absolute Gasteiger partial charge is 0.323 e. The fourth-order valence-electron chi connectivity index (χ4n) is 1.30. The topological polar surface area (TPSA) is 49.8 Å². The van der Waals surface area contributed by atoms with Gasteiger partial charge >= 0.3 is 5.97 Å². The summed E-state index contributed by atoms with van der Waals surface area (Å²) >= 11 is 5.83. The summed E-state index contributed by atoms with van der Waals surface area (Å²) in [4.78, 5) is 12.8. The molecule has 0 saturated heterocycles. The summed E-state index contributed by atoms with van der Waals surface area (Å²) in [5.41, 5.74) is -0.905. The minimum Gasteiger partial charge on any atom is -0.492 e. The average molecular weight is 272 g/mol. The molecule has 0 unspecified atom stereocenters. The molecule has 0 bridgehead atoms. The van der Waals surface area contributed by atoms with Gasteiger partial charge in [-0.25, -0.2) is 0 Å². The number of hydrogen-bond acceptors (Lipinski definition) is 3. The number of rotatable bonds is 6. The van der Waals surface area contributed by atoms with Crippen LogP contribution in [0.2, 0.25) is 5.02 Å². The normalized spacial score (nSPS) is 11.6. The van der Waals surface area contributed by atoms with Gasteiger partial charge in [-0.05, 0) is 39.1 Å². The van der Waals surface area contributed by atoms with Crippen molar-refractivity contribution in [1.29, 1.82) is 0 Å². The van der Waals surface area contributed by atoms with Crippen LogP contribution in [0.15, 0.2) is 24.3 Å². The Labute approximate surface area is 112 Å². The first-order valence-corrected chi connectivity index (χ1v) is 6.05. The third kappa shape index (κ3) is 3.89. The van der Waals surface area contributed by atoms with Crippen molar-refractivity contribution >= 4 is 17.6 Å². The van der Waals surface area contributed by atoms with Gasteiger partial charge in [0.25, 0.3) is 0 Å². The molecule has 100 valence electrons. The summed E-state index contributed by atoms with van der Waals surface area (Å²) in [6.07, 6.45) is 0. The van der Waals surface area contributed by atoms with E-state index in [9.17, 15) is 4.79 Å². The molecule has 1 aromatic rings. The fourth-order valence-corrected chi connectivity index (χ4v) is 1.48. The van der Waals surface area contributed by atoms with Gasteiger partial charge in [-0.1, -0.05) is 17.7 Å². The van der Waals surface area contributed by atoms with E-state index in [1.807, 2.05) is 12.1 Å². The predicted molar refractivity (Wildman–Crippen MR) is 71.3 cm³/mol. The molecule has 0 saturated carbocycles. The van der Waals surface area contributed by atoms with Crippen molar-refractivity contribution in [1.82, 2.24) is 4.90 Å². The van der Waals surface area contributed by atoms with Crippen molar-refractivity contribution in [3.8, 4) is 5.75 Å². The van der Waals surface area contributed by atoms with E-state index in [0.29, 0.717) is 23.9 Å². The molecule has 0 spiro atoms. The lowest BCUT2D eigenvalue weighted by molar-refractivity contribution is -0.148. The monoisotopic (exact) mass is 271 g/mol. The van der Waals surface area contributed by atoms with Gasteiger partial charge in [0, 0.05) is 11.6 Å². The Bertz CT molecular complexity index is 420. The van der Waals surface area contributed by atoms with E-state index in [2.05, 4.69) is 0 Å². The number of carbonyl (C=O) groups is 1. The van der Waals surface area contributed by atoms with Crippen LogP contribution >= 0.6 is 11.6 Å². The van der Waals surface area contributed by atoms with E-state index in [-0.39, 0.29) is 0 Å². The Morgan fingerprint density at radius 2 is 2.17 bits per heavy atom. The second-order valence-corrected chi connectivity index (χ2v) is 5.03. The van der Waals surface area contributed by atoms with E-state index in [0.717, 1.165) is 0 Å². The Kier molecular flexibility index (Phi) is 4.99. The number of likely N-dealkylation sites (N-methyl/N-ethyl adjacent to an activating group) is 1. The van der Waals surface area contributed by atoms with Crippen LogP contribution in [0.4, 0.5) is 0 Å². The molecule has 0 fully saturated rings. The standard InChI is InChI=1S/C13H18ClNO3/c1-13(2,12(16)17)15(3)7-8-18-11-6-4-5-10(14)9-11/h4-6,9H,7-8H2,1-3H3,(H,16,17). The zero-order valence-corrected chi connectivity index (χ0v) is 11.6. The van der Waals surface area contributed by atoms with Crippen molar-refractivity contribution in [2.75, 3.05) is 20.2 Å². The fraction of sp³-hybridized carbons (Fsp3) is 0.462. The molecule has 0 radical (unpaired) electrons. The Morgan fingerprint density at radius 1 is 1.50 bits per heavy atom. The molecular weight excluding hydrogens is 254 g/mol. The number of hydrogen-bond donors (Lipinski definition) is 1. The summed E-state index contributed by atoms with van der Waals surface area (Å²) in [6, 6.07) is 7.12. The van der Waals surface area contributed by atoms with Crippen LogP contribution in [0.1, 0.15) is 13.8 Å². The number of benzene rings is 1. The first-order valence-electron chi connectivity index (χ1n) is 5.67. The molecule has 18 heavy (non-hydrogen) atoms. The average Bonchev–Trinajstić information content (AvgIpc) is 2.28. The third-order valence-corrected chi connectivity index (χ3v) is 3.20.